The molecule has 88 valence electrons. The Balaban J connectivity index is 2.42. The summed E-state index contributed by atoms with van der Waals surface area (Å²) >= 11 is 1.70. The third kappa shape index (κ3) is 4.44. The molecule has 0 radical (unpaired) electrons. The molecule has 0 spiro atoms. The monoisotopic (exact) mass is 239 g/mol. The lowest BCUT2D eigenvalue weighted by Gasteiger charge is -2.13. The van der Waals surface area contributed by atoms with E-state index in [0.29, 0.717) is 5.69 Å². The fraction of sp³-hybridized carbons (Fsp3) is 0.364. The van der Waals surface area contributed by atoms with Gasteiger partial charge in [0.2, 0.25) is 0 Å². The van der Waals surface area contributed by atoms with E-state index in [2.05, 4.69) is 10.6 Å². The molecule has 0 saturated heterocycles. The maximum Gasteiger partial charge on any atom is 0.319 e. The molecule has 4 N–H and O–H groups in total. The van der Waals surface area contributed by atoms with Crippen molar-refractivity contribution in [3.63, 3.8) is 0 Å². The van der Waals surface area contributed by atoms with Gasteiger partial charge in [-0.25, -0.2) is 4.79 Å². The van der Waals surface area contributed by atoms with Crippen molar-refractivity contribution in [3.8, 4) is 0 Å². The summed E-state index contributed by atoms with van der Waals surface area (Å²) in [7, 11) is 0. The van der Waals surface area contributed by atoms with Gasteiger partial charge in [0, 0.05) is 23.2 Å². The van der Waals surface area contributed by atoms with E-state index >= 15 is 0 Å². The van der Waals surface area contributed by atoms with Gasteiger partial charge >= 0.3 is 6.03 Å². The van der Waals surface area contributed by atoms with E-state index in [0.717, 1.165) is 11.4 Å². The Bertz CT molecular complexity index is 340. The number of hydrogen-bond donors (Lipinski definition) is 3. The van der Waals surface area contributed by atoms with Gasteiger partial charge in [0.05, 0.1) is 0 Å². The average molecular weight is 239 g/mol. The molecule has 1 aromatic rings. The molecule has 0 saturated carbocycles. The fourth-order valence-corrected chi connectivity index (χ4v) is 1.83. The average Bonchev–Trinajstić information content (AvgIpc) is 2.21. The Kier molecular flexibility index (Phi) is 4.98. The number of hydrogen-bond acceptors (Lipinski definition) is 3. The summed E-state index contributed by atoms with van der Waals surface area (Å²) < 4.78 is 0. The predicted molar refractivity (Wildman–Crippen MR) is 70.9 cm³/mol. The Morgan fingerprint density at radius 3 is 2.62 bits per heavy atom. The summed E-state index contributed by atoms with van der Waals surface area (Å²) in [5.74, 6) is 0.898. The number of carbonyl (C=O) groups is 1. The highest BCUT2D eigenvalue weighted by molar-refractivity contribution is 7.98. The van der Waals surface area contributed by atoms with Crippen molar-refractivity contribution in [1.29, 1.82) is 0 Å². The number of nitrogens with one attached hydrogen (secondary N) is 2. The number of nitrogen functional groups attached to an aromatic ring is 1. The molecule has 0 aliphatic heterocycles. The van der Waals surface area contributed by atoms with Gasteiger partial charge in [0.25, 0.3) is 0 Å². The summed E-state index contributed by atoms with van der Waals surface area (Å²) in [5.41, 5.74) is 6.97. The number of carbonyl (C=O) groups excluding carboxylic acids is 1. The van der Waals surface area contributed by atoms with Crippen molar-refractivity contribution in [3.05, 3.63) is 24.3 Å². The summed E-state index contributed by atoms with van der Waals surface area (Å²) in [6.45, 7) is 1.97. The second kappa shape index (κ2) is 6.27. The highest BCUT2D eigenvalue weighted by Gasteiger charge is 2.06. The molecular formula is C11H17N3OS. The molecule has 1 atom stereocenters. The predicted octanol–water partition coefficient (Wildman–Crippen LogP) is 2.14. The molecule has 2 amide bonds. The van der Waals surface area contributed by atoms with Gasteiger partial charge in [-0.15, -0.1) is 0 Å². The molecule has 5 heteroatoms. The van der Waals surface area contributed by atoms with Crippen molar-refractivity contribution in [1.82, 2.24) is 5.32 Å². The Labute approximate surface area is 100.0 Å². The van der Waals surface area contributed by atoms with E-state index in [1.807, 2.05) is 13.2 Å². The molecule has 4 nitrogen and oxygen atoms in total. The van der Waals surface area contributed by atoms with Crippen LogP contribution in [0.1, 0.15) is 6.92 Å². The van der Waals surface area contributed by atoms with E-state index in [-0.39, 0.29) is 12.1 Å². The van der Waals surface area contributed by atoms with Crippen LogP contribution >= 0.6 is 11.8 Å². The quantitative estimate of drug-likeness (QED) is 0.705. The molecule has 0 heterocycles. The van der Waals surface area contributed by atoms with E-state index in [1.54, 1.807) is 36.0 Å². The van der Waals surface area contributed by atoms with E-state index < -0.39 is 0 Å². The Morgan fingerprint density at radius 1 is 1.44 bits per heavy atom. The molecule has 0 aromatic heterocycles. The van der Waals surface area contributed by atoms with E-state index in [4.69, 9.17) is 5.73 Å². The lowest BCUT2D eigenvalue weighted by molar-refractivity contribution is 0.250. The minimum Gasteiger partial charge on any atom is -0.399 e. The van der Waals surface area contributed by atoms with Crippen LogP contribution in [-0.2, 0) is 0 Å². The summed E-state index contributed by atoms with van der Waals surface area (Å²) in [5, 5.41) is 5.59. The molecule has 0 aliphatic rings. The molecule has 0 fully saturated rings. The lowest BCUT2D eigenvalue weighted by Crippen LogP contribution is -2.37. The zero-order valence-corrected chi connectivity index (χ0v) is 10.3. The van der Waals surface area contributed by atoms with Crippen LogP contribution in [-0.4, -0.2) is 24.1 Å². The van der Waals surface area contributed by atoms with Gasteiger partial charge in [-0.05, 0) is 37.4 Å². The van der Waals surface area contributed by atoms with Crippen LogP contribution in [0.4, 0.5) is 16.2 Å². The summed E-state index contributed by atoms with van der Waals surface area (Å²) in [4.78, 5) is 11.5. The first-order valence-corrected chi connectivity index (χ1v) is 6.43. The zero-order valence-electron chi connectivity index (χ0n) is 9.49. The normalized spacial score (nSPS) is 11.9. The molecule has 0 bridgehead atoms. The molecule has 16 heavy (non-hydrogen) atoms. The van der Waals surface area contributed by atoms with Gasteiger partial charge in [-0.2, -0.15) is 11.8 Å². The Morgan fingerprint density at radius 2 is 2.06 bits per heavy atom. The first-order chi connectivity index (χ1) is 7.61. The highest BCUT2D eigenvalue weighted by Crippen LogP contribution is 2.10. The van der Waals surface area contributed by atoms with Crippen LogP contribution in [0.5, 0.6) is 0 Å². The number of urea groups is 1. The second-order valence-electron chi connectivity index (χ2n) is 3.58. The topological polar surface area (TPSA) is 67.2 Å². The van der Waals surface area contributed by atoms with E-state index in [9.17, 15) is 4.79 Å². The van der Waals surface area contributed by atoms with E-state index in [1.165, 1.54) is 0 Å². The van der Waals surface area contributed by atoms with Crippen LogP contribution in [0.2, 0.25) is 0 Å². The van der Waals surface area contributed by atoms with Gasteiger partial charge in [0.1, 0.15) is 0 Å². The van der Waals surface area contributed by atoms with Gasteiger partial charge in [-0.3, -0.25) is 0 Å². The third-order valence-corrected chi connectivity index (χ3v) is 2.80. The number of anilines is 2. The van der Waals surface area contributed by atoms with Crippen molar-refractivity contribution < 1.29 is 4.79 Å². The zero-order chi connectivity index (χ0) is 12.0. The smallest absolute Gasteiger partial charge is 0.319 e. The van der Waals surface area contributed by atoms with Crippen molar-refractivity contribution in [2.75, 3.05) is 23.1 Å². The fourth-order valence-electron chi connectivity index (χ4n) is 1.25. The molecule has 1 rings (SSSR count). The minimum atomic E-state index is -0.189. The van der Waals surface area contributed by atoms with Gasteiger partial charge in [0.15, 0.2) is 0 Å². The van der Waals surface area contributed by atoms with Crippen molar-refractivity contribution >= 4 is 29.2 Å². The molecule has 0 aliphatic carbocycles. The van der Waals surface area contributed by atoms with Crippen LogP contribution < -0.4 is 16.4 Å². The van der Waals surface area contributed by atoms with Crippen LogP contribution in [0.25, 0.3) is 0 Å². The van der Waals surface area contributed by atoms with Crippen LogP contribution in [0.15, 0.2) is 24.3 Å². The summed E-state index contributed by atoms with van der Waals surface area (Å²) in [6.07, 6.45) is 2.01. The largest absolute Gasteiger partial charge is 0.399 e. The summed E-state index contributed by atoms with van der Waals surface area (Å²) in [6, 6.07) is 7.01. The van der Waals surface area contributed by atoms with Crippen molar-refractivity contribution in [2.45, 2.75) is 13.0 Å². The van der Waals surface area contributed by atoms with Crippen LogP contribution in [0, 0.1) is 0 Å². The van der Waals surface area contributed by atoms with Crippen molar-refractivity contribution in [2.24, 2.45) is 0 Å². The maximum atomic E-state index is 11.5. The molecule has 1 aromatic carbocycles. The number of rotatable bonds is 4. The first kappa shape index (κ1) is 12.7. The number of thioether (sulfide) groups is 1. The number of amides is 2. The number of nitrogens with two attached hydrogens (primary N) is 1. The Hall–Kier alpha value is -1.36. The lowest BCUT2D eigenvalue weighted by atomic mass is 10.3. The van der Waals surface area contributed by atoms with Gasteiger partial charge < -0.3 is 16.4 Å². The number of benzene rings is 1. The molecule has 1 unspecified atom stereocenters. The molecular weight excluding hydrogens is 222 g/mol. The van der Waals surface area contributed by atoms with Gasteiger partial charge in [-0.1, -0.05) is 0 Å². The maximum absolute atomic E-state index is 11.5. The SMILES string of the molecule is CSCC(C)NC(=O)Nc1ccc(N)cc1. The highest BCUT2D eigenvalue weighted by atomic mass is 32.2. The van der Waals surface area contributed by atoms with Crippen LogP contribution in [0.3, 0.4) is 0 Å². The minimum absolute atomic E-state index is 0.156. The standard InChI is InChI=1S/C11H17N3OS/c1-8(7-16-2)13-11(15)14-10-5-3-9(12)4-6-10/h3-6,8H,7,12H2,1-2H3,(H2,13,14,15). The second-order valence-corrected chi connectivity index (χ2v) is 4.49. The first-order valence-electron chi connectivity index (χ1n) is 5.04. The third-order valence-electron chi connectivity index (χ3n) is 1.96.